The van der Waals surface area contributed by atoms with Crippen molar-refractivity contribution in [2.75, 3.05) is 17.6 Å². The minimum Gasteiger partial charge on any atom is -0.369 e. The predicted octanol–water partition coefficient (Wildman–Crippen LogP) is 1.93. The summed E-state index contributed by atoms with van der Waals surface area (Å²) >= 11 is 0. The number of nitrogens with one attached hydrogen (secondary N) is 2. The van der Waals surface area contributed by atoms with Gasteiger partial charge >= 0.3 is 0 Å². The molecule has 4 N–H and O–H groups in total. The lowest BCUT2D eigenvalue weighted by Gasteiger charge is -2.24. The zero-order valence-corrected chi connectivity index (χ0v) is 10.5. The number of H-pyrrole nitrogens is 1. The van der Waals surface area contributed by atoms with E-state index in [0.717, 1.165) is 17.7 Å². The molecule has 6 heteroatoms. The van der Waals surface area contributed by atoms with E-state index in [2.05, 4.69) is 32.4 Å². The molecular formula is C12H18N6. The van der Waals surface area contributed by atoms with Crippen LogP contribution >= 0.6 is 0 Å². The second-order valence-electron chi connectivity index (χ2n) is 5.43. The maximum Gasteiger partial charge on any atom is 0.224 e. The average molecular weight is 246 g/mol. The molecule has 0 atom stereocenters. The Bertz CT molecular complexity index is 555. The predicted molar refractivity (Wildman–Crippen MR) is 71.2 cm³/mol. The first-order valence-electron chi connectivity index (χ1n) is 6.37. The van der Waals surface area contributed by atoms with Crippen molar-refractivity contribution in [3.63, 3.8) is 0 Å². The van der Waals surface area contributed by atoms with E-state index in [-0.39, 0.29) is 5.95 Å². The summed E-state index contributed by atoms with van der Waals surface area (Å²) in [6.07, 6.45) is 6.93. The molecule has 0 aromatic carbocycles. The van der Waals surface area contributed by atoms with Gasteiger partial charge in [-0.3, -0.25) is 5.10 Å². The number of aromatic nitrogens is 4. The molecule has 2 heterocycles. The number of nitrogens with two attached hydrogens (primary N) is 1. The fraction of sp³-hybridized carbons (Fsp3) is 0.583. The van der Waals surface area contributed by atoms with Gasteiger partial charge in [-0.05, 0) is 18.3 Å². The van der Waals surface area contributed by atoms with E-state index in [4.69, 9.17) is 5.73 Å². The summed E-state index contributed by atoms with van der Waals surface area (Å²) in [7, 11) is 0. The van der Waals surface area contributed by atoms with E-state index in [1.165, 1.54) is 25.7 Å². The lowest BCUT2D eigenvalue weighted by molar-refractivity contribution is 0.362. The lowest BCUT2D eigenvalue weighted by atomic mass is 9.89. The SMILES string of the molecule is CC1(CNc2nc(N)nc3[nH]ncc23)CCCC1. The first-order chi connectivity index (χ1) is 8.66. The number of hydrogen-bond acceptors (Lipinski definition) is 5. The van der Waals surface area contributed by atoms with Crippen LogP contribution in [-0.2, 0) is 0 Å². The second-order valence-corrected chi connectivity index (χ2v) is 5.43. The van der Waals surface area contributed by atoms with E-state index in [0.29, 0.717) is 11.1 Å². The summed E-state index contributed by atoms with van der Waals surface area (Å²) in [5, 5.41) is 11.1. The topological polar surface area (TPSA) is 92.5 Å². The highest BCUT2D eigenvalue weighted by molar-refractivity contribution is 5.86. The molecule has 18 heavy (non-hydrogen) atoms. The van der Waals surface area contributed by atoms with Crippen molar-refractivity contribution < 1.29 is 0 Å². The van der Waals surface area contributed by atoms with Gasteiger partial charge in [-0.1, -0.05) is 19.8 Å². The van der Waals surface area contributed by atoms with Gasteiger partial charge in [-0.25, -0.2) is 0 Å². The monoisotopic (exact) mass is 246 g/mol. The molecule has 1 aliphatic carbocycles. The van der Waals surface area contributed by atoms with Crippen molar-refractivity contribution in [3.8, 4) is 0 Å². The summed E-state index contributed by atoms with van der Waals surface area (Å²) < 4.78 is 0. The number of nitrogen functional groups attached to an aromatic ring is 1. The van der Waals surface area contributed by atoms with Crippen LogP contribution in [0, 0.1) is 5.41 Å². The number of rotatable bonds is 3. The molecular weight excluding hydrogens is 228 g/mol. The molecule has 0 amide bonds. The Morgan fingerprint density at radius 2 is 2.17 bits per heavy atom. The van der Waals surface area contributed by atoms with E-state index in [9.17, 15) is 0 Å². The Morgan fingerprint density at radius 1 is 1.39 bits per heavy atom. The van der Waals surface area contributed by atoms with Crippen LogP contribution in [0.1, 0.15) is 32.6 Å². The normalized spacial score (nSPS) is 18.3. The van der Waals surface area contributed by atoms with Gasteiger partial charge in [0.25, 0.3) is 0 Å². The smallest absolute Gasteiger partial charge is 0.224 e. The average Bonchev–Trinajstić information content (AvgIpc) is 2.95. The summed E-state index contributed by atoms with van der Waals surface area (Å²) in [5.41, 5.74) is 6.74. The molecule has 0 spiro atoms. The number of hydrogen-bond donors (Lipinski definition) is 3. The van der Waals surface area contributed by atoms with Crippen LogP contribution in [-0.4, -0.2) is 26.7 Å². The van der Waals surface area contributed by atoms with Crippen LogP contribution in [0.15, 0.2) is 6.20 Å². The van der Waals surface area contributed by atoms with Crippen molar-refractivity contribution in [2.24, 2.45) is 5.41 Å². The van der Waals surface area contributed by atoms with Gasteiger partial charge < -0.3 is 11.1 Å². The van der Waals surface area contributed by atoms with Gasteiger partial charge in [-0.15, -0.1) is 0 Å². The third-order valence-corrected chi connectivity index (χ3v) is 3.82. The first-order valence-corrected chi connectivity index (χ1v) is 6.37. The van der Waals surface area contributed by atoms with Gasteiger partial charge in [0, 0.05) is 6.54 Å². The minimum atomic E-state index is 0.269. The summed E-state index contributed by atoms with van der Waals surface area (Å²) in [6.45, 7) is 3.24. The van der Waals surface area contributed by atoms with Crippen LogP contribution < -0.4 is 11.1 Å². The molecule has 1 aliphatic rings. The lowest BCUT2D eigenvalue weighted by Crippen LogP contribution is -2.23. The zero-order valence-electron chi connectivity index (χ0n) is 10.5. The van der Waals surface area contributed by atoms with E-state index in [1.54, 1.807) is 6.20 Å². The van der Waals surface area contributed by atoms with Crippen LogP contribution in [0.2, 0.25) is 0 Å². The Balaban J connectivity index is 1.83. The molecule has 2 aromatic rings. The van der Waals surface area contributed by atoms with E-state index in [1.807, 2.05) is 0 Å². The quantitative estimate of drug-likeness (QED) is 0.769. The Kier molecular flexibility index (Phi) is 2.57. The standard InChI is InChI=1S/C12H18N6/c1-12(4-2-3-5-12)7-14-9-8-6-15-18-10(8)17-11(13)16-9/h6H,2-5,7H2,1H3,(H4,13,14,15,16,17,18). The van der Waals surface area contributed by atoms with Crippen molar-refractivity contribution in [1.29, 1.82) is 0 Å². The fourth-order valence-corrected chi connectivity index (χ4v) is 2.69. The molecule has 3 rings (SSSR count). The summed E-state index contributed by atoms with van der Waals surface area (Å²) in [4.78, 5) is 8.36. The van der Waals surface area contributed by atoms with Crippen LogP contribution in [0.3, 0.4) is 0 Å². The largest absolute Gasteiger partial charge is 0.369 e. The molecule has 96 valence electrons. The maximum absolute atomic E-state index is 5.69. The van der Waals surface area contributed by atoms with E-state index >= 15 is 0 Å². The second kappa shape index (κ2) is 4.12. The highest BCUT2D eigenvalue weighted by Gasteiger charge is 2.28. The Morgan fingerprint density at radius 3 is 2.94 bits per heavy atom. The van der Waals surface area contributed by atoms with Crippen LogP contribution in [0.5, 0.6) is 0 Å². The molecule has 1 fully saturated rings. The number of aromatic amines is 1. The maximum atomic E-state index is 5.69. The zero-order chi connectivity index (χ0) is 12.6. The van der Waals surface area contributed by atoms with Crippen molar-refractivity contribution in [1.82, 2.24) is 20.2 Å². The molecule has 6 nitrogen and oxygen atoms in total. The number of anilines is 2. The highest BCUT2D eigenvalue weighted by Crippen LogP contribution is 2.37. The van der Waals surface area contributed by atoms with Crippen LogP contribution in [0.4, 0.5) is 11.8 Å². The fourth-order valence-electron chi connectivity index (χ4n) is 2.69. The van der Waals surface area contributed by atoms with E-state index < -0.39 is 0 Å². The van der Waals surface area contributed by atoms with Crippen molar-refractivity contribution >= 4 is 22.8 Å². The van der Waals surface area contributed by atoms with Gasteiger partial charge in [-0.2, -0.15) is 15.1 Å². The third kappa shape index (κ3) is 1.98. The van der Waals surface area contributed by atoms with Gasteiger partial charge in [0.15, 0.2) is 5.65 Å². The molecule has 0 saturated heterocycles. The summed E-state index contributed by atoms with van der Waals surface area (Å²) in [5.74, 6) is 1.05. The molecule has 0 unspecified atom stereocenters. The number of nitrogens with zero attached hydrogens (tertiary/aromatic N) is 3. The molecule has 0 bridgehead atoms. The minimum absolute atomic E-state index is 0.269. The number of fused-ring (bicyclic) bond motifs is 1. The molecule has 2 aromatic heterocycles. The first kappa shape index (κ1) is 11.3. The van der Waals surface area contributed by atoms with Crippen LogP contribution in [0.25, 0.3) is 11.0 Å². The Labute approximate surface area is 105 Å². The highest BCUT2D eigenvalue weighted by atomic mass is 15.2. The summed E-state index contributed by atoms with van der Waals surface area (Å²) in [6, 6.07) is 0. The third-order valence-electron chi connectivity index (χ3n) is 3.82. The molecule has 0 aliphatic heterocycles. The van der Waals surface area contributed by atoms with Crippen molar-refractivity contribution in [3.05, 3.63) is 6.20 Å². The van der Waals surface area contributed by atoms with Gasteiger partial charge in [0.2, 0.25) is 5.95 Å². The van der Waals surface area contributed by atoms with Gasteiger partial charge in [0.05, 0.1) is 11.6 Å². The molecule has 0 radical (unpaired) electrons. The van der Waals surface area contributed by atoms with Crippen molar-refractivity contribution in [2.45, 2.75) is 32.6 Å². The molecule has 1 saturated carbocycles. The Hall–Kier alpha value is -1.85. The van der Waals surface area contributed by atoms with Gasteiger partial charge in [0.1, 0.15) is 5.82 Å².